The van der Waals surface area contributed by atoms with Crippen LogP contribution < -0.4 is 5.32 Å². The fourth-order valence-electron chi connectivity index (χ4n) is 3.31. The summed E-state index contributed by atoms with van der Waals surface area (Å²) in [5, 5.41) is 6.00. The Morgan fingerprint density at radius 2 is 2.28 bits per heavy atom. The third-order valence-electron chi connectivity index (χ3n) is 4.50. The molecular formula is C14H21BrN2S. The maximum atomic E-state index is 3.82. The van der Waals surface area contributed by atoms with Crippen molar-refractivity contribution in [2.45, 2.75) is 50.7 Å². The number of nitrogens with zero attached hydrogens (tertiary/aromatic N) is 1. The number of nitrogens with one attached hydrogen (secondary N) is 1. The van der Waals surface area contributed by atoms with E-state index in [1.165, 1.54) is 41.6 Å². The lowest BCUT2D eigenvalue weighted by Gasteiger charge is -2.45. The Labute approximate surface area is 122 Å². The topological polar surface area (TPSA) is 15.3 Å². The molecule has 1 aromatic heterocycles. The van der Waals surface area contributed by atoms with Gasteiger partial charge < -0.3 is 5.32 Å². The van der Waals surface area contributed by atoms with E-state index in [2.05, 4.69) is 44.5 Å². The van der Waals surface area contributed by atoms with E-state index in [1.54, 1.807) is 0 Å². The van der Waals surface area contributed by atoms with Crippen molar-refractivity contribution in [2.75, 3.05) is 13.1 Å². The van der Waals surface area contributed by atoms with E-state index in [1.807, 2.05) is 11.3 Å². The second kappa shape index (κ2) is 5.23. The molecule has 1 saturated carbocycles. The van der Waals surface area contributed by atoms with Gasteiger partial charge in [-0.25, -0.2) is 0 Å². The molecule has 1 N–H and O–H groups in total. The predicted molar refractivity (Wildman–Crippen MR) is 81.1 cm³/mol. The molecule has 2 nitrogen and oxygen atoms in total. The largest absolute Gasteiger partial charge is 0.308 e. The Kier molecular flexibility index (Phi) is 3.81. The first kappa shape index (κ1) is 13.1. The number of hydrogen-bond acceptors (Lipinski definition) is 3. The summed E-state index contributed by atoms with van der Waals surface area (Å²) in [6.07, 6.45) is 5.53. The fraction of sp³-hybridized carbons (Fsp3) is 0.714. The van der Waals surface area contributed by atoms with Crippen LogP contribution in [0.25, 0.3) is 0 Å². The summed E-state index contributed by atoms with van der Waals surface area (Å²) in [5.74, 6) is 0. The zero-order valence-electron chi connectivity index (χ0n) is 10.9. The summed E-state index contributed by atoms with van der Waals surface area (Å²) in [4.78, 5) is 4.13. The van der Waals surface area contributed by atoms with Gasteiger partial charge in [0, 0.05) is 40.6 Å². The summed E-state index contributed by atoms with van der Waals surface area (Å²) in [7, 11) is 0. The molecule has 1 unspecified atom stereocenters. The van der Waals surface area contributed by atoms with Crippen molar-refractivity contribution in [3.63, 3.8) is 0 Å². The maximum absolute atomic E-state index is 3.82. The van der Waals surface area contributed by atoms with E-state index >= 15 is 0 Å². The second-order valence-electron chi connectivity index (χ2n) is 5.81. The minimum Gasteiger partial charge on any atom is -0.308 e. The van der Waals surface area contributed by atoms with Crippen LogP contribution in [0.2, 0.25) is 0 Å². The van der Waals surface area contributed by atoms with Crippen molar-refractivity contribution in [1.82, 2.24) is 10.2 Å². The molecular weight excluding hydrogens is 308 g/mol. The molecule has 1 aliphatic carbocycles. The van der Waals surface area contributed by atoms with Crippen molar-refractivity contribution >= 4 is 27.3 Å². The molecule has 18 heavy (non-hydrogen) atoms. The van der Waals surface area contributed by atoms with E-state index in [9.17, 15) is 0 Å². The van der Waals surface area contributed by atoms with E-state index in [0.717, 1.165) is 13.1 Å². The summed E-state index contributed by atoms with van der Waals surface area (Å²) < 4.78 is 1.28. The molecule has 2 heterocycles. The summed E-state index contributed by atoms with van der Waals surface area (Å²) in [5.41, 5.74) is 0.427. The van der Waals surface area contributed by atoms with Gasteiger partial charge in [-0.1, -0.05) is 12.8 Å². The summed E-state index contributed by atoms with van der Waals surface area (Å²) >= 11 is 5.52. The molecule has 1 saturated heterocycles. The van der Waals surface area contributed by atoms with E-state index < -0.39 is 0 Å². The zero-order chi connectivity index (χ0) is 12.6. The van der Waals surface area contributed by atoms with E-state index in [0.29, 0.717) is 11.6 Å². The molecule has 1 aromatic rings. The van der Waals surface area contributed by atoms with Crippen LogP contribution >= 0.6 is 27.3 Å². The number of rotatable bonds is 2. The molecule has 3 rings (SSSR count). The molecule has 4 heteroatoms. The highest BCUT2D eigenvalue weighted by molar-refractivity contribution is 9.10. The average molecular weight is 329 g/mol. The van der Waals surface area contributed by atoms with Gasteiger partial charge in [0.25, 0.3) is 0 Å². The predicted octanol–water partition coefficient (Wildman–Crippen LogP) is 3.62. The molecule has 1 atom stereocenters. The Morgan fingerprint density at radius 1 is 1.50 bits per heavy atom. The standard InChI is InChI=1S/C14H21BrN2S/c1-11-8-16-14(5-2-3-6-14)10-17(11)9-13-12(15)4-7-18-13/h4,7,11,16H,2-3,5-6,8-10H2,1H3. The van der Waals surface area contributed by atoms with Gasteiger partial charge in [0.2, 0.25) is 0 Å². The second-order valence-corrected chi connectivity index (χ2v) is 7.67. The lowest BCUT2D eigenvalue weighted by atomic mass is 9.92. The van der Waals surface area contributed by atoms with Crippen molar-refractivity contribution in [2.24, 2.45) is 0 Å². The Morgan fingerprint density at radius 3 is 2.94 bits per heavy atom. The van der Waals surface area contributed by atoms with Gasteiger partial charge in [-0.05, 0) is 47.1 Å². The quantitative estimate of drug-likeness (QED) is 0.892. The lowest BCUT2D eigenvalue weighted by Crippen LogP contribution is -2.61. The molecule has 1 spiro atoms. The number of piperazine rings is 1. The number of halogens is 1. The van der Waals surface area contributed by atoms with Crippen LogP contribution in [-0.2, 0) is 6.54 Å². The van der Waals surface area contributed by atoms with Gasteiger partial charge >= 0.3 is 0 Å². The first-order valence-electron chi connectivity index (χ1n) is 6.89. The van der Waals surface area contributed by atoms with Gasteiger partial charge in [-0.3, -0.25) is 4.90 Å². The van der Waals surface area contributed by atoms with Crippen LogP contribution in [0.1, 0.15) is 37.5 Å². The third kappa shape index (κ3) is 2.53. The van der Waals surface area contributed by atoms with Crippen molar-refractivity contribution in [3.05, 3.63) is 20.8 Å². The molecule has 2 fully saturated rings. The van der Waals surface area contributed by atoms with E-state index in [4.69, 9.17) is 0 Å². The highest BCUT2D eigenvalue weighted by Crippen LogP contribution is 2.34. The van der Waals surface area contributed by atoms with Crippen LogP contribution in [0.15, 0.2) is 15.9 Å². The van der Waals surface area contributed by atoms with Crippen LogP contribution in [0.3, 0.4) is 0 Å². The van der Waals surface area contributed by atoms with Gasteiger partial charge in [0.1, 0.15) is 0 Å². The number of thiophene rings is 1. The lowest BCUT2D eigenvalue weighted by molar-refractivity contribution is 0.0834. The Bertz CT molecular complexity index is 412. The maximum Gasteiger partial charge on any atom is 0.0343 e. The summed E-state index contributed by atoms with van der Waals surface area (Å²) in [6, 6.07) is 2.81. The fourth-order valence-corrected chi connectivity index (χ4v) is 4.82. The molecule has 0 radical (unpaired) electrons. The monoisotopic (exact) mass is 328 g/mol. The van der Waals surface area contributed by atoms with Crippen LogP contribution in [0.5, 0.6) is 0 Å². The van der Waals surface area contributed by atoms with Crippen LogP contribution in [-0.4, -0.2) is 29.6 Å². The Hall–Kier alpha value is 0.100. The highest BCUT2D eigenvalue weighted by atomic mass is 79.9. The first-order valence-corrected chi connectivity index (χ1v) is 8.57. The van der Waals surface area contributed by atoms with Gasteiger partial charge in [0.05, 0.1) is 0 Å². The molecule has 1 aliphatic heterocycles. The van der Waals surface area contributed by atoms with E-state index in [-0.39, 0.29) is 0 Å². The number of hydrogen-bond donors (Lipinski definition) is 1. The minimum atomic E-state index is 0.427. The van der Waals surface area contributed by atoms with Gasteiger partial charge in [-0.2, -0.15) is 0 Å². The highest BCUT2D eigenvalue weighted by Gasteiger charge is 2.39. The first-order chi connectivity index (χ1) is 8.69. The van der Waals surface area contributed by atoms with Crippen molar-refractivity contribution < 1.29 is 0 Å². The summed E-state index contributed by atoms with van der Waals surface area (Å²) in [6.45, 7) is 5.81. The molecule has 0 aromatic carbocycles. The normalized spacial score (nSPS) is 28.0. The van der Waals surface area contributed by atoms with Gasteiger partial charge in [0.15, 0.2) is 0 Å². The molecule has 0 bridgehead atoms. The molecule has 2 aliphatic rings. The SMILES string of the molecule is CC1CNC2(CCCC2)CN1Cc1sccc1Br. The van der Waals surface area contributed by atoms with Crippen molar-refractivity contribution in [1.29, 1.82) is 0 Å². The van der Waals surface area contributed by atoms with Gasteiger partial charge in [-0.15, -0.1) is 11.3 Å². The minimum absolute atomic E-state index is 0.427. The molecule has 100 valence electrons. The van der Waals surface area contributed by atoms with Crippen LogP contribution in [0, 0.1) is 0 Å². The Balaban J connectivity index is 1.72. The third-order valence-corrected chi connectivity index (χ3v) is 6.41. The van der Waals surface area contributed by atoms with Crippen LogP contribution in [0.4, 0.5) is 0 Å². The zero-order valence-corrected chi connectivity index (χ0v) is 13.3. The van der Waals surface area contributed by atoms with Crippen molar-refractivity contribution in [3.8, 4) is 0 Å². The smallest absolute Gasteiger partial charge is 0.0343 e. The average Bonchev–Trinajstić information content (AvgIpc) is 2.96. The molecule has 0 amide bonds.